The number of carbonyl (C=O) groups excluding carboxylic acids is 2. The number of hydrogen-bond acceptors (Lipinski definition) is 3. The molecule has 0 aliphatic rings. The number of aliphatic carboxylic acids is 1. The summed E-state index contributed by atoms with van der Waals surface area (Å²) in [7, 11) is 0. The molecule has 0 aromatic heterocycles. The van der Waals surface area contributed by atoms with Crippen molar-refractivity contribution in [1.82, 2.24) is 5.32 Å². The second-order valence-corrected chi connectivity index (χ2v) is 5.58. The van der Waals surface area contributed by atoms with Crippen molar-refractivity contribution in [1.29, 1.82) is 0 Å². The SMILES string of the molecule is CCC(C)(C)C(=O)NCCCC(=O)/C(C)=C(/C)C(=O)O. The minimum absolute atomic E-state index is 0.0265. The van der Waals surface area contributed by atoms with Gasteiger partial charge in [0.1, 0.15) is 0 Å². The van der Waals surface area contributed by atoms with E-state index in [1.807, 2.05) is 20.8 Å². The van der Waals surface area contributed by atoms with Gasteiger partial charge in [-0.25, -0.2) is 4.79 Å². The summed E-state index contributed by atoms with van der Waals surface area (Å²) in [5.41, 5.74) is -0.0522. The first-order chi connectivity index (χ1) is 9.13. The van der Waals surface area contributed by atoms with Crippen molar-refractivity contribution in [2.24, 2.45) is 5.41 Å². The number of carbonyl (C=O) groups is 3. The molecule has 114 valence electrons. The van der Waals surface area contributed by atoms with Crippen LogP contribution in [0, 0.1) is 5.41 Å². The van der Waals surface area contributed by atoms with Crippen LogP contribution < -0.4 is 5.32 Å². The maximum absolute atomic E-state index is 11.8. The zero-order valence-corrected chi connectivity index (χ0v) is 13.0. The smallest absolute Gasteiger partial charge is 0.331 e. The van der Waals surface area contributed by atoms with Gasteiger partial charge in [-0.2, -0.15) is 0 Å². The fourth-order valence-electron chi connectivity index (χ4n) is 1.41. The highest BCUT2D eigenvalue weighted by Crippen LogP contribution is 2.19. The van der Waals surface area contributed by atoms with Gasteiger partial charge in [-0.1, -0.05) is 20.8 Å². The molecule has 20 heavy (non-hydrogen) atoms. The standard InChI is InChI=1S/C15H25NO4/c1-6-15(4,5)14(20)16-9-7-8-12(17)10(2)11(3)13(18)19/h6-9H2,1-5H3,(H,16,20)(H,18,19)/b11-10-. The van der Waals surface area contributed by atoms with Crippen molar-refractivity contribution in [3.05, 3.63) is 11.1 Å². The van der Waals surface area contributed by atoms with Crippen molar-refractivity contribution in [2.45, 2.75) is 53.9 Å². The third-order valence-corrected chi connectivity index (χ3v) is 3.67. The largest absolute Gasteiger partial charge is 0.478 e. The Labute approximate surface area is 120 Å². The Morgan fingerprint density at radius 3 is 2.10 bits per heavy atom. The molecule has 5 nitrogen and oxygen atoms in total. The lowest BCUT2D eigenvalue weighted by atomic mass is 9.89. The molecule has 0 saturated carbocycles. The number of Topliss-reactive ketones (excluding diaryl/α,β-unsaturated/α-hetero) is 1. The third-order valence-electron chi connectivity index (χ3n) is 3.67. The molecular weight excluding hydrogens is 258 g/mol. The van der Waals surface area contributed by atoms with E-state index in [9.17, 15) is 14.4 Å². The average Bonchev–Trinajstić information content (AvgIpc) is 2.40. The Morgan fingerprint density at radius 1 is 1.10 bits per heavy atom. The van der Waals surface area contributed by atoms with Crippen molar-refractivity contribution in [2.75, 3.05) is 6.54 Å². The first-order valence-electron chi connectivity index (χ1n) is 6.85. The maximum Gasteiger partial charge on any atom is 0.331 e. The lowest BCUT2D eigenvalue weighted by Crippen LogP contribution is -2.37. The Kier molecular flexibility index (Phi) is 7.18. The monoisotopic (exact) mass is 283 g/mol. The van der Waals surface area contributed by atoms with Crippen LogP contribution >= 0.6 is 0 Å². The quantitative estimate of drug-likeness (QED) is 0.529. The second kappa shape index (κ2) is 7.82. The summed E-state index contributed by atoms with van der Waals surface area (Å²) in [4.78, 5) is 34.3. The van der Waals surface area contributed by atoms with E-state index in [0.29, 0.717) is 13.0 Å². The fraction of sp³-hybridized carbons (Fsp3) is 0.667. The Hall–Kier alpha value is -1.65. The van der Waals surface area contributed by atoms with Crippen molar-refractivity contribution < 1.29 is 19.5 Å². The minimum atomic E-state index is -1.08. The summed E-state index contributed by atoms with van der Waals surface area (Å²) in [6, 6.07) is 0. The van der Waals surface area contributed by atoms with E-state index in [1.54, 1.807) is 0 Å². The molecule has 0 bridgehead atoms. The lowest BCUT2D eigenvalue weighted by molar-refractivity contribution is -0.133. The van der Waals surface area contributed by atoms with E-state index in [0.717, 1.165) is 6.42 Å². The summed E-state index contributed by atoms with van der Waals surface area (Å²) in [5, 5.41) is 11.6. The van der Waals surface area contributed by atoms with Crippen LogP contribution in [-0.2, 0) is 14.4 Å². The molecule has 0 atom stereocenters. The molecular formula is C15H25NO4. The van der Waals surface area contributed by atoms with E-state index in [1.165, 1.54) is 13.8 Å². The number of carboxylic acid groups (broad SMARTS) is 1. The van der Waals surface area contributed by atoms with Crippen LogP contribution in [0.25, 0.3) is 0 Å². The van der Waals surface area contributed by atoms with Crippen LogP contribution in [-0.4, -0.2) is 29.3 Å². The predicted molar refractivity (Wildman–Crippen MR) is 77.3 cm³/mol. The number of nitrogens with one attached hydrogen (secondary N) is 1. The molecule has 0 aromatic carbocycles. The zero-order valence-electron chi connectivity index (χ0n) is 13.0. The van der Waals surface area contributed by atoms with Gasteiger partial charge in [-0.05, 0) is 26.7 Å². The van der Waals surface area contributed by atoms with Crippen LogP contribution in [0.2, 0.25) is 0 Å². The maximum atomic E-state index is 11.8. The van der Waals surface area contributed by atoms with Gasteiger partial charge in [0.15, 0.2) is 5.78 Å². The molecule has 0 saturated heterocycles. The van der Waals surface area contributed by atoms with E-state index in [2.05, 4.69) is 5.32 Å². The van der Waals surface area contributed by atoms with Gasteiger partial charge in [0, 0.05) is 29.5 Å². The van der Waals surface area contributed by atoms with Gasteiger partial charge < -0.3 is 10.4 Å². The Bertz CT molecular complexity index is 422. The Balaban J connectivity index is 4.22. The van der Waals surface area contributed by atoms with Gasteiger partial charge in [-0.15, -0.1) is 0 Å². The fourth-order valence-corrected chi connectivity index (χ4v) is 1.41. The first-order valence-corrected chi connectivity index (χ1v) is 6.85. The molecule has 5 heteroatoms. The Morgan fingerprint density at radius 2 is 1.65 bits per heavy atom. The molecule has 0 radical (unpaired) electrons. The highest BCUT2D eigenvalue weighted by atomic mass is 16.4. The molecule has 0 aliphatic heterocycles. The number of amides is 1. The molecule has 0 heterocycles. The summed E-state index contributed by atoms with van der Waals surface area (Å²) in [6.45, 7) is 9.05. The van der Waals surface area contributed by atoms with Gasteiger partial charge in [-0.3, -0.25) is 9.59 Å². The summed E-state index contributed by atoms with van der Waals surface area (Å²) in [6.07, 6.45) is 1.50. The van der Waals surface area contributed by atoms with Crippen LogP contribution in [0.4, 0.5) is 0 Å². The number of rotatable bonds is 8. The zero-order chi connectivity index (χ0) is 15.9. The van der Waals surface area contributed by atoms with Crippen LogP contribution in [0.5, 0.6) is 0 Å². The molecule has 0 aromatic rings. The predicted octanol–water partition coefficient (Wildman–Crippen LogP) is 2.31. The van der Waals surface area contributed by atoms with E-state index < -0.39 is 11.4 Å². The third kappa shape index (κ3) is 5.55. The summed E-state index contributed by atoms with van der Waals surface area (Å²) < 4.78 is 0. The lowest BCUT2D eigenvalue weighted by Gasteiger charge is -2.21. The van der Waals surface area contributed by atoms with Crippen molar-refractivity contribution >= 4 is 17.7 Å². The van der Waals surface area contributed by atoms with E-state index in [4.69, 9.17) is 5.11 Å². The number of allylic oxidation sites excluding steroid dienone is 1. The van der Waals surface area contributed by atoms with Gasteiger partial charge in [0.25, 0.3) is 0 Å². The van der Waals surface area contributed by atoms with E-state index >= 15 is 0 Å². The molecule has 0 unspecified atom stereocenters. The minimum Gasteiger partial charge on any atom is -0.478 e. The van der Waals surface area contributed by atoms with Crippen molar-refractivity contribution in [3.63, 3.8) is 0 Å². The summed E-state index contributed by atoms with van der Waals surface area (Å²) in [5.74, 6) is -1.29. The number of carboxylic acids is 1. The molecule has 0 fully saturated rings. The van der Waals surface area contributed by atoms with Gasteiger partial charge in [0.2, 0.25) is 5.91 Å². The highest BCUT2D eigenvalue weighted by molar-refractivity contribution is 6.02. The van der Waals surface area contributed by atoms with Crippen LogP contribution in [0.1, 0.15) is 53.9 Å². The second-order valence-electron chi connectivity index (χ2n) is 5.58. The first kappa shape index (κ1) is 18.4. The molecule has 2 N–H and O–H groups in total. The van der Waals surface area contributed by atoms with E-state index in [-0.39, 0.29) is 29.3 Å². The number of ketones is 1. The molecule has 0 aliphatic carbocycles. The van der Waals surface area contributed by atoms with Crippen LogP contribution in [0.15, 0.2) is 11.1 Å². The highest BCUT2D eigenvalue weighted by Gasteiger charge is 2.24. The molecule has 0 spiro atoms. The summed E-state index contributed by atoms with van der Waals surface area (Å²) >= 11 is 0. The normalized spacial score (nSPS) is 12.7. The van der Waals surface area contributed by atoms with Crippen molar-refractivity contribution in [3.8, 4) is 0 Å². The molecule has 1 amide bonds. The van der Waals surface area contributed by atoms with Crippen LogP contribution in [0.3, 0.4) is 0 Å². The molecule has 0 rings (SSSR count). The van der Waals surface area contributed by atoms with Gasteiger partial charge in [0.05, 0.1) is 0 Å². The average molecular weight is 283 g/mol. The number of hydrogen-bond donors (Lipinski definition) is 2. The van der Waals surface area contributed by atoms with Gasteiger partial charge >= 0.3 is 5.97 Å². The topological polar surface area (TPSA) is 83.5 Å².